The van der Waals surface area contributed by atoms with Crippen molar-refractivity contribution in [3.8, 4) is 0 Å². The first-order valence-corrected chi connectivity index (χ1v) is 7.64. The Morgan fingerprint density at radius 3 is 2.06 bits per heavy atom. The molecule has 108 valence electrons. The SMILES string of the molecule is CCC1(CC)CN(C(C)(C)CC(C)(C)C)CCN1. The van der Waals surface area contributed by atoms with E-state index in [1.165, 1.54) is 32.4 Å². The van der Waals surface area contributed by atoms with Gasteiger partial charge in [0.2, 0.25) is 0 Å². The predicted molar refractivity (Wildman–Crippen MR) is 81.0 cm³/mol. The van der Waals surface area contributed by atoms with Gasteiger partial charge in [0, 0.05) is 30.7 Å². The molecular formula is C16H34N2. The molecular weight excluding hydrogens is 220 g/mol. The summed E-state index contributed by atoms with van der Waals surface area (Å²) >= 11 is 0. The molecule has 1 aliphatic rings. The Morgan fingerprint density at radius 1 is 1.06 bits per heavy atom. The van der Waals surface area contributed by atoms with Crippen molar-refractivity contribution >= 4 is 0 Å². The molecule has 1 heterocycles. The smallest absolute Gasteiger partial charge is 0.0304 e. The molecule has 0 atom stereocenters. The van der Waals surface area contributed by atoms with Crippen molar-refractivity contribution in [2.24, 2.45) is 5.41 Å². The lowest BCUT2D eigenvalue weighted by Crippen LogP contribution is -2.64. The van der Waals surface area contributed by atoms with Crippen LogP contribution in [0.5, 0.6) is 0 Å². The van der Waals surface area contributed by atoms with Crippen molar-refractivity contribution in [1.82, 2.24) is 10.2 Å². The van der Waals surface area contributed by atoms with E-state index in [0.717, 1.165) is 6.54 Å². The number of nitrogens with zero attached hydrogens (tertiary/aromatic N) is 1. The van der Waals surface area contributed by atoms with Gasteiger partial charge in [0.15, 0.2) is 0 Å². The van der Waals surface area contributed by atoms with Crippen LogP contribution in [0.25, 0.3) is 0 Å². The highest BCUT2D eigenvalue weighted by Crippen LogP contribution is 2.33. The van der Waals surface area contributed by atoms with Crippen LogP contribution in [-0.2, 0) is 0 Å². The van der Waals surface area contributed by atoms with Gasteiger partial charge in [-0.3, -0.25) is 4.90 Å². The number of piperazine rings is 1. The Hall–Kier alpha value is -0.0800. The number of hydrogen-bond donors (Lipinski definition) is 1. The van der Waals surface area contributed by atoms with Crippen molar-refractivity contribution < 1.29 is 0 Å². The van der Waals surface area contributed by atoms with Crippen LogP contribution in [-0.4, -0.2) is 35.6 Å². The van der Waals surface area contributed by atoms with Crippen LogP contribution >= 0.6 is 0 Å². The van der Waals surface area contributed by atoms with E-state index in [4.69, 9.17) is 0 Å². The van der Waals surface area contributed by atoms with E-state index in [2.05, 4.69) is 58.7 Å². The lowest BCUT2D eigenvalue weighted by molar-refractivity contribution is 0.0188. The maximum absolute atomic E-state index is 3.76. The molecule has 0 bridgehead atoms. The van der Waals surface area contributed by atoms with E-state index in [9.17, 15) is 0 Å². The molecule has 1 rings (SSSR count). The van der Waals surface area contributed by atoms with Gasteiger partial charge < -0.3 is 5.32 Å². The van der Waals surface area contributed by atoms with E-state index < -0.39 is 0 Å². The number of rotatable bonds is 4. The molecule has 18 heavy (non-hydrogen) atoms. The van der Waals surface area contributed by atoms with Gasteiger partial charge in [-0.15, -0.1) is 0 Å². The molecule has 0 amide bonds. The summed E-state index contributed by atoms with van der Waals surface area (Å²) in [6.45, 7) is 20.0. The minimum atomic E-state index is 0.302. The molecule has 0 saturated carbocycles. The fourth-order valence-electron chi connectivity index (χ4n) is 3.61. The molecule has 1 aliphatic heterocycles. The van der Waals surface area contributed by atoms with Crippen LogP contribution in [0.15, 0.2) is 0 Å². The Balaban J connectivity index is 2.76. The summed E-state index contributed by atoms with van der Waals surface area (Å²) in [4.78, 5) is 2.71. The Labute approximate surface area is 115 Å². The molecule has 0 radical (unpaired) electrons. The van der Waals surface area contributed by atoms with Gasteiger partial charge in [-0.1, -0.05) is 34.6 Å². The van der Waals surface area contributed by atoms with Gasteiger partial charge in [-0.25, -0.2) is 0 Å². The van der Waals surface area contributed by atoms with Crippen LogP contribution < -0.4 is 5.32 Å². The van der Waals surface area contributed by atoms with Gasteiger partial charge in [-0.05, 0) is 38.5 Å². The molecule has 0 aromatic carbocycles. The summed E-state index contributed by atoms with van der Waals surface area (Å²) in [5, 5.41) is 3.76. The van der Waals surface area contributed by atoms with Gasteiger partial charge in [0.05, 0.1) is 0 Å². The lowest BCUT2D eigenvalue weighted by Gasteiger charge is -2.51. The second kappa shape index (κ2) is 5.50. The van der Waals surface area contributed by atoms with Crippen LogP contribution in [0.3, 0.4) is 0 Å². The van der Waals surface area contributed by atoms with Gasteiger partial charge in [0.1, 0.15) is 0 Å². The highest BCUT2D eigenvalue weighted by atomic mass is 15.3. The van der Waals surface area contributed by atoms with Crippen molar-refractivity contribution in [2.75, 3.05) is 19.6 Å². The van der Waals surface area contributed by atoms with E-state index in [1.54, 1.807) is 0 Å². The molecule has 0 spiro atoms. The molecule has 2 heteroatoms. The van der Waals surface area contributed by atoms with Gasteiger partial charge in [-0.2, -0.15) is 0 Å². The first kappa shape index (κ1) is 16.0. The largest absolute Gasteiger partial charge is 0.309 e. The summed E-state index contributed by atoms with van der Waals surface area (Å²) in [6, 6.07) is 0. The fraction of sp³-hybridized carbons (Fsp3) is 1.00. The average Bonchev–Trinajstić information content (AvgIpc) is 2.26. The highest BCUT2D eigenvalue weighted by Gasteiger charge is 2.39. The molecule has 0 unspecified atom stereocenters. The molecule has 0 aromatic heterocycles. The topological polar surface area (TPSA) is 15.3 Å². The fourth-order valence-corrected chi connectivity index (χ4v) is 3.61. The third-order valence-electron chi connectivity index (χ3n) is 4.55. The Kier molecular flexibility index (Phi) is 4.88. The van der Waals surface area contributed by atoms with E-state index >= 15 is 0 Å². The highest BCUT2D eigenvalue weighted by molar-refractivity contribution is 4.98. The van der Waals surface area contributed by atoms with Gasteiger partial charge in [0.25, 0.3) is 0 Å². The minimum Gasteiger partial charge on any atom is -0.309 e. The zero-order valence-electron chi connectivity index (χ0n) is 13.7. The van der Waals surface area contributed by atoms with Gasteiger partial charge >= 0.3 is 0 Å². The van der Waals surface area contributed by atoms with Crippen molar-refractivity contribution in [1.29, 1.82) is 0 Å². The summed E-state index contributed by atoms with van der Waals surface area (Å²) in [7, 11) is 0. The molecule has 1 N–H and O–H groups in total. The first-order valence-electron chi connectivity index (χ1n) is 7.64. The molecule has 1 fully saturated rings. The van der Waals surface area contributed by atoms with Crippen LogP contribution in [0.4, 0.5) is 0 Å². The van der Waals surface area contributed by atoms with Crippen molar-refractivity contribution in [3.05, 3.63) is 0 Å². The lowest BCUT2D eigenvalue weighted by atomic mass is 9.79. The summed E-state index contributed by atoms with van der Waals surface area (Å²) in [5.74, 6) is 0. The zero-order valence-corrected chi connectivity index (χ0v) is 13.7. The molecule has 0 aliphatic carbocycles. The van der Waals surface area contributed by atoms with Crippen molar-refractivity contribution in [2.45, 2.75) is 78.8 Å². The molecule has 1 saturated heterocycles. The van der Waals surface area contributed by atoms with Crippen LogP contribution in [0.1, 0.15) is 67.7 Å². The Morgan fingerprint density at radius 2 is 1.61 bits per heavy atom. The summed E-state index contributed by atoms with van der Waals surface area (Å²) in [5.41, 5.74) is 1.04. The maximum Gasteiger partial charge on any atom is 0.0304 e. The van der Waals surface area contributed by atoms with E-state index in [-0.39, 0.29) is 0 Å². The number of nitrogens with one attached hydrogen (secondary N) is 1. The summed E-state index contributed by atoms with van der Waals surface area (Å²) < 4.78 is 0. The predicted octanol–water partition coefficient (Wildman–Crippen LogP) is 3.67. The summed E-state index contributed by atoms with van der Waals surface area (Å²) in [6.07, 6.45) is 3.71. The monoisotopic (exact) mass is 254 g/mol. The standard InChI is InChI=1S/C16H34N2/c1-8-16(9-2)13-18(11-10-17-16)15(6,7)12-14(3,4)5/h17H,8-13H2,1-7H3. The first-order chi connectivity index (χ1) is 8.14. The average molecular weight is 254 g/mol. The molecule has 0 aromatic rings. The second-order valence-corrected chi connectivity index (χ2v) is 7.89. The van der Waals surface area contributed by atoms with Crippen LogP contribution in [0, 0.1) is 5.41 Å². The van der Waals surface area contributed by atoms with E-state index in [1.807, 2.05) is 0 Å². The zero-order chi connectivity index (χ0) is 14.0. The Bertz CT molecular complexity index is 259. The number of hydrogen-bond acceptors (Lipinski definition) is 2. The second-order valence-electron chi connectivity index (χ2n) is 7.89. The third kappa shape index (κ3) is 3.96. The quantitative estimate of drug-likeness (QED) is 0.823. The third-order valence-corrected chi connectivity index (χ3v) is 4.55. The van der Waals surface area contributed by atoms with E-state index in [0.29, 0.717) is 16.5 Å². The van der Waals surface area contributed by atoms with Crippen molar-refractivity contribution in [3.63, 3.8) is 0 Å². The van der Waals surface area contributed by atoms with Crippen LogP contribution in [0.2, 0.25) is 0 Å². The maximum atomic E-state index is 3.76. The normalized spacial score (nSPS) is 22.2. The minimum absolute atomic E-state index is 0.302. The molecule has 2 nitrogen and oxygen atoms in total.